The van der Waals surface area contributed by atoms with E-state index in [-0.39, 0.29) is 11.2 Å². The van der Waals surface area contributed by atoms with Gasteiger partial charge in [0.25, 0.3) is 0 Å². The van der Waals surface area contributed by atoms with Gasteiger partial charge in [-0.15, -0.1) is 0 Å². The van der Waals surface area contributed by atoms with Crippen LogP contribution >= 0.6 is 0 Å². The summed E-state index contributed by atoms with van der Waals surface area (Å²) in [6.45, 7) is 12.1. The molecule has 0 unspecified atom stereocenters. The Balaban J connectivity index is 2.37. The molecule has 0 spiro atoms. The van der Waals surface area contributed by atoms with E-state index in [1.165, 1.54) is 0 Å². The van der Waals surface area contributed by atoms with Gasteiger partial charge in [0.05, 0.1) is 18.3 Å². The van der Waals surface area contributed by atoms with Gasteiger partial charge < -0.3 is 14.0 Å². The van der Waals surface area contributed by atoms with E-state index in [9.17, 15) is 0 Å². The topological polar surface area (TPSA) is 27.7 Å². The van der Waals surface area contributed by atoms with Gasteiger partial charge in [-0.1, -0.05) is 30.8 Å². The van der Waals surface area contributed by atoms with Crippen LogP contribution in [0, 0.1) is 0 Å². The molecule has 1 fully saturated rings. The fourth-order valence-corrected chi connectivity index (χ4v) is 2.04. The van der Waals surface area contributed by atoms with E-state index >= 15 is 0 Å². The number of rotatable bonds is 3. The van der Waals surface area contributed by atoms with Gasteiger partial charge in [0, 0.05) is 5.56 Å². The van der Waals surface area contributed by atoms with Gasteiger partial charge in [-0.3, -0.25) is 0 Å². The van der Waals surface area contributed by atoms with E-state index in [0.717, 1.165) is 11.0 Å². The molecule has 1 heterocycles. The maximum absolute atomic E-state index is 6.07. The van der Waals surface area contributed by atoms with Crippen molar-refractivity contribution in [2.75, 3.05) is 7.11 Å². The van der Waals surface area contributed by atoms with Crippen LogP contribution in [-0.4, -0.2) is 25.4 Å². The minimum atomic E-state index is -0.395. The molecule has 0 atom stereocenters. The quantitative estimate of drug-likeness (QED) is 0.617. The first-order valence-electron chi connectivity index (χ1n) is 6.46. The number of hydrogen-bond acceptors (Lipinski definition) is 3. The third-order valence-corrected chi connectivity index (χ3v) is 4.01. The molecule has 1 aliphatic heterocycles. The first-order chi connectivity index (χ1) is 8.78. The zero-order valence-corrected chi connectivity index (χ0v) is 12.3. The van der Waals surface area contributed by atoms with Crippen LogP contribution in [0.15, 0.2) is 30.8 Å². The van der Waals surface area contributed by atoms with Gasteiger partial charge >= 0.3 is 7.12 Å². The third kappa shape index (κ3) is 2.43. The SMILES string of the molecule is C=C(OC)c1ccccc1B1OC(C)(C)C(C)(C)O1. The smallest absolute Gasteiger partial charge is 0.495 e. The Kier molecular flexibility index (Phi) is 3.50. The molecule has 0 aromatic heterocycles. The first-order valence-corrected chi connectivity index (χ1v) is 6.46. The van der Waals surface area contributed by atoms with E-state index in [1.54, 1.807) is 7.11 Å². The highest BCUT2D eigenvalue weighted by Crippen LogP contribution is 2.36. The van der Waals surface area contributed by atoms with E-state index in [4.69, 9.17) is 14.0 Å². The Bertz CT molecular complexity index is 478. The molecule has 102 valence electrons. The Labute approximate surface area is 115 Å². The van der Waals surface area contributed by atoms with Crippen molar-refractivity contribution in [3.8, 4) is 0 Å². The lowest BCUT2D eigenvalue weighted by Gasteiger charge is -2.32. The summed E-state index contributed by atoms with van der Waals surface area (Å²) in [4.78, 5) is 0. The molecule has 0 saturated carbocycles. The molecule has 0 aliphatic carbocycles. The summed E-state index contributed by atoms with van der Waals surface area (Å²) in [7, 11) is 1.22. The summed E-state index contributed by atoms with van der Waals surface area (Å²) >= 11 is 0. The molecule has 0 bridgehead atoms. The van der Waals surface area contributed by atoms with Crippen molar-refractivity contribution < 1.29 is 14.0 Å². The van der Waals surface area contributed by atoms with Gasteiger partial charge in [0.15, 0.2) is 0 Å². The van der Waals surface area contributed by atoms with Crippen LogP contribution < -0.4 is 5.46 Å². The average molecular weight is 260 g/mol. The second kappa shape index (κ2) is 4.69. The molecular formula is C15H21BO3. The molecule has 1 aromatic carbocycles. The second-order valence-electron chi connectivity index (χ2n) is 5.80. The Hall–Kier alpha value is -1.26. The fourth-order valence-electron chi connectivity index (χ4n) is 2.04. The van der Waals surface area contributed by atoms with E-state index in [1.807, 2.05) is 52.0 Å². The van der Waals surface area contributed by atoms with E-state index < -0.39 is 7.12 Å². The Morgan fingerprint density at radius 3 is 2.16 bits per heavy atom. The van der Waals surface area contributed by atoms with Crippen LogP contribution in [0.2, 0.25) is 0 Å². The summed E-state index contributed by atoms with van der Waals surface area (Å²) in [5.74, 6) is 0.616. The Morgan fingerprint density at radius 1 is 1.11 bits per heavy atom. The molecule has 1 aromatic rings. The standard InChI is InChI=1S/C15H21BO3/c1-11(17-6)12-9-7-8-10-13(12)16-18-14(2,3)15(4,5)19-16/h7-10H,1H2,2-6H3. The predicted molar refractivity (Wildman–Crippen MR) is 78.2 cm³/mol. The minimum Gasteiger partial charge on any atom is -0.497 e. The lowest BCUT2D eigenvalue weighted by Crippen LogP contribution is -2.41. The van der Waals surface area contributed by atoms with Crippen LogP contribution in [-0.2, 0) is 14.0 Å². The van der Waals surface area contributed by atoms with Crippen molar-refractivity contribution in [1.82, 2.24) is 0 Å². The average Bonchev–Trinajstić information content (AvgIpc) is 2.57. The maximum atomic E-state index is 6.07. The van der Waals surface area contributed by atoms with Crippen LogP contribution in [0.1, 0.15) is 33.3 Å². The summed E-state index contributed by atoms with van der Waals surface area (Å²) in [6, 6.07) is 7.87. The molecule has 2 rings (SSSR count). The third-order valence-electron chi connectivity index (χ3n) is 4.01. The molecule has 3 nitrogen and oxygen atoms in total. The molecular weight excluding hydrogens is 239 g/mol. The van der Waals surface area contributed by atoms with Gasteiger partial charge in [-0.05, 0) is 33.2 Å². The highest BCUT2D eigenvalue weighted by Gasteiger charge is 2.52. The summed E-state index contributed by atoms with van der Waals surface area (Å²) in [5.41, 5.74) is 1.18. The van der Waals surface area contributed by atoms with Crippen molar-refractivity contribution in [2.24, 2.45) is 0 Å². The second-order valence-corrected chi connectivity index (χ2v) is 5.80. The first kappa shape index (κ1) is 14.2. The monoisotopic (exact) mass is 260 g/mol. The number of hydrogen-bond donors (Lipinski definition) is 0. The molecule has 0 radical (unpaired) electrons. The largest absolute Gasteiger partial charge is 0.497 e. The number of methoxy groups -OCH3 is 1. The molecule has 0 amide bonds. The highest BCUT2D eigenvalue weighted by molar-refractivity contribution is 6.63. The molecule has 0 N–H and O–H groups in total. The van der Waals surface area contributed by atoms with Gasteiger partial charge in [0.1, 0.15) is 5.76 Å². The van der Waals surface area contributed by atoms with E-state index in [2.05, 4.69) is 6.58 Å². The zero-order chi connectivity index (χ0) is 14.3. The van der Waals surface area contributed by atoms with Crippen molar-refractivity contribution in [3.05, 3.63) is 36.4 Å². The lowest BCUT2D eigenvalue weighted by molar-refractivity contribution is 0.00578. The summed E-state index contributed by atoms with van der Waals surface area (Å²) in [6.07, 6.45) is 0. The molecule has 1 aliphatic rings. The number of benzene rings is 1. The van der Waals surface area contributed by atoms with Crippen LogP contribution in [0.25, 0.3) is 5.76 Å². The van der Waals surface area contributed by atoms with Crippen molar-refractivity contribution in [1.29, 1.82) is 0 Å². The Morgan fingerprint density at radius 2 is 1.63 bits per heavy atom. The summed E-state index contributed by atoms with van der Waals surface area (Å²) < 4.78 is 17.4. The van der Waals surface area contributed by atoms with Crippen LogP contribution in [0.3, 0.4) is 0 Å². The normalized spacial score (nSPS) is 20.4. The van der Waals surface area contributed by atoms with Crippen LogP contribution in [0.5, 0.6) is 0 Å². The molecule has 1 saturated heterocycles. The maximum Gasteiger partial charge on any atom is 0.495 e. The van der Waals surface area contributed by atoms with Crippen molar-refractivity contribution in [2.45, 2.75) is 38.9 Å². The lowest BCUT2D eigenvalue weighted by atomic mass is 9.75. The zero-order valence-electron chi connectivity index (χ0n) is 12.3. The molecule has 4 heteroatoms. The van der Waals surface area contributed by atoms with Gasteiger partial charge in [-0.2, -0.15) is 0 Å². The molecule has 19 heavy (non-hydrogen) atoms. The summed E-state index contributed by atoms with van der Waals surface area (Å²) in [5, 5.41) is 0. The van der Waals surface area contributed by atoms with Crippen molar-refractivity contribution in [3.63, 3.8) is 0 Å². The van der Waals surface area contributed by atoms with Crippen molar-refractivity contribution >= 4 is 18.3 Å². The highest BCUT2D eigenvalue weighted by atomic mass is 16.7. The van der Waals surface area contributed by atoms with Gasteiger partial charge in [0.2, 0.25) is 0 Å². The predicted octanol–water partition coefficient (Wildman–Crippen LogP) is 2.60. The van der Waals surface area contributed by atoms with E-state index in [0.29, 0.717) is 5.76 Å². The number of ether oxygens (including phenoxy) is 1. The van der Waals surface area contributed by atoms with Crippen LogP contribution in [0.4, 0.5) is 0 Å². The fraction of sp³-hybridized carbons (Fsp3) is 0.467. The minimum absolute atomic E-state index is 0.348. The van der Waals surface area contributed by atoms with Gasteiger partial charge in [-0.25, -0.2) is 0 Å².